The van der Waals surface area contributed by atoms with Gasteiger partial charge < -0.3 is 9.64 Å². The molecule has 5 rings (SSSR count). The largest absolute Gasteiger partial charge is 0.366 e. The fraction of sp³-hybridized carbons (Fsp3) is 0.348. The maximum Gasteiger partial charge on any atom is 0.255 e. The first-order chi connectivity index (χ1) is 15.5. The van der Waals surface area contributed by atoms with E-state index in [0.29, 0.717) is 29.4 Å². The van der Waals surface area contributed by atoms with Crippen LogP contribution in [0.1, 0.15) is 34.7 Å². The van der Waals surface area contributed by atoms with Crippen molar-refractivity contribution in [2.75, 3.05) is 24.6 Å². The van der Waals surface area contributed by atoms with Crippen LogP contribution in [0.2, 0.25) is 0 Å². The summed E-state index contributed by atoms with van der Waals surface area (Å²) in [5, 5.41) is 0. The normalized spacial score (nSPS) is 18.6. The van der Waals surface area contributed by atoms with Gasteiger partial charge in [-0.1, -0.05) is 12.1 Å². The molecule has 0 bridgehead atoms. The van der Waals surface area contributed by atoms with Gasteiger partial charge in [0.25, 0.3) is 5.56 Å². The first-order valence-corrected chi connectivity index (χ1v) is 10.6. The summed E-state index contributed by atoms with van der Waals surface area (Å²) in [7, 11) is 1.63. The number of rotatable bonds is 5. The van der Waals surface area contributed by atoms with Crippen LogP contribution in [0.15, 0.2) is 47.7 Å². The summed E-state index contributed by atoms with van der Waals surface area (Å²) in [6, 6.07) is 7.78. The lowest BCUT2D eigenvalue weighted by molar-refractivity contribution is 0.0336. The molecule has 1 atom stereocenters. The van der Waals surface area contributed by atoms with Gasteiger partial charge in [0.05, 0.1) is 24.5 Å². The van der Waals surface area contributed by atoms with Crippen LogP contribution < -0.4 is 10.5 Å². The summed E-state index contributed by atoms with van der Waals surface area (Å²) in [5.74, 6) is 0.0677. The molecule has 9 heteroatoms. The maximum atomic E-state index is 14.5. The van der Waals surface area contributed by atoms with E-state index in [1.807, 2.05) is 4.90 Å². The number of ether oxygens (including phenoxy) is 1. The Labute approximate surface area is 183 Å². The minimum atomic E-state index is -0.783. The Kier molecular flexibility index (Phi) is 5.26. The van der Waals surface area contributed by atoms with Crippen molar-refractivity contribution in [1.82, 2.24) is 19.5 Å². The molecule has 1 aliphatic carbocycles. The Morgan fingerprint density at radius 3 is 2.75 bits per heavy atom. The molecule has 1 unspecified atom stereocenters. The molecule has 1 aromatic carbocycles. The molecule has 3 heterocycles. The van der Waals surface area contributed by atoms with Crippen LogP contribution in [0.5, 0.6) is 0 Å². The van der Waals surface area contributed by atoms with Gasteiger partial charge in [-0.2, -0.15) is 0 Å². The standard InChI is InChI=1S/C23H22FN5O3/c1-28-21(30)11-19(18-6-7-25-13-26-18)27-23(28)29-8-9-32-20(12-29)22(31)15-4-5-16(14-2-3-14)17(24)10-15/h4-7,10-11,13-14,20H,2-3,8-9,12H2,1H3. The number of aromatic nitrogens is 4. The molecule has 1 saturated heterocycles. The van der Waals surface area contributed by atoms with Gasteiger partial charge in [-0.15, -0.1) is 0 Å². The van der Waals surface area contributed by atoms with E-state index in [-0.39, 0.29) is 41.8 Å². The van der Waals surface area contributed by atoms with Gasteiger partial charge in [-0.3, -0.25) is 14.2 Å². The van der Waals surface area contributed by atoms with E-state index in [0.717, 1.165) is 12.8 Å². The highest BCUT2D eigenvalue weighted by Gasteiger charge is 2.31. The highest BCUT2D eigenvalue weighted by Crippen LogP contribution is 2.41. The number of Topliss-reactive ketones (excluding diaryl/α,β-unsaturated/α-hetero) is 1. The van der Waals surface area contributed by atoms with Gasteiger partial charge in [0.1, 0.15) is 18.2 Å². The highest BCUT2D eigenvalue weighted by atomic mass is 19.1. The molecule has 0 N–H and O–H groups in total. The van der Waals surface area contributed by atoms with Crippen molar-refractivity contribution >= 4 is 11.7 Å². The van der Waals surface area contributed by atoms with Crippen LogP contribution >= 0.6 is 0 Å². The van der Waals surface area contributed by atoms with Gasteiger partial charge in [0.15, 0.2) is 5.78 Å². The fourth-order valence-electron chi connectivity index (χ4n) is 3.96. The van der Waals surface area contributed by atoms with E-state index < -0.39 is 6.10 Å². The number of halogens is 1. The number of carbonyl (C=O) groups is 1. The van der Waals surface area contributed by atoms with E-state index in [1.165, 1.54) is 23.0 Å². The Bertz CT molecular complexity index is 1230. The molecule has 8 nitrogen and oxygen atoms in total. The average molecular weight is 435 g/mol. The van der Waals surface area contributed by atoms with Crippen molar-refractivity contribution in [3.8, 4) is 11.4 Å². The highest BCUT2D eigenvalue weighted by molar-refractivity contribution is 6.00. The fourth-order valence-corrected chi connectivity index (χ4v) is 3.96. The van der Waals surface area contributed by atoms with E-state index in [2.05, 4.69) is 15.0 Å². The predicted molar refractivity (Wildman–Crippen MR) is 115 cm³/mol. The third-order valence-corrected chi connectivity index (χ3v) is 5.90. The smallest absolute Gasteiger partial charge is 0.255 e. The van der Waals surface area contributed by atoms with Crippen molar-refractivity contribution in [2.45, 2.75) is 24.9 Å². The second-order valence-corrected chi connectivity index (χ2v) is 8.11. The lowest BCUT2D eigenvalue weighted by Crippen LogP contribution is -2.48. The second-order valence-electron chi connectivity index (χ2n) is 8.11. The third-order valence-electron chi connectivity index (χ3n) is 5.90. The van der Waals surface area contributed by atoms with E-state index >= 15 is 0 Å². The summed E-state index contributed by atoms with van der Waals surface area (Å²) < 4.78 is 21.6. The molecule has 0 radical (unpaired) electrons. The first-order valence-electron chi connectivity index (χ1n) is 10.6. The van der Waals surface area contributed by atoms with Crippen LogP contribution in [0, 0.1) is 5.82 Å². The average Bonchev–Trinajstić information content (AvgIpc) is 3.66. The van der Waals surface area contributed by atoms with Crippen molar-refractivity contribution < 1.29 is 13.9 Å². The minimum absolute atomic E-state index is 0.207. The first kappa shape index (κ1) is 20.4. The quantitative estimate of drug-likeness (QED) is 0.568. The van der Waals surface area contributed by atoms with Crippen molar-refractivity contribution in [2.24, 2.45) is 7.05 Å². The zero-order chi connectivity index (χ0) is 22.2. The van der Waals surface area contributed by atoms with Crippen LogP contribution in [0.3, 0.4) is 0 Å². The summed E-state index contributed by atoms with van der Waals surface area (Å²) in [5.41, 5.74) is 1.68. The molecule has 164 valence electrons. The van der Waals surface area contributed by atoms with E-state index in [1.54, 1.807) is 31.4 Å². The number of morpholine rings is 1. The van der Waals surface area contributed by atoms with Gasteiger partial charge in [-0.25, -0.2) is 19.3 Å². The topological polar surface area (TPSA) is 90.2 Å². The van der Waals surface area contributed by atoms with Gasteiger partial charge in [-0.05, 0) is 36.5 Å². The number of nitrogens with zero attached hydrogens (tertiary/aromatic N) is 5. The van der Waals surface area contributed by atoms with Crippen molar-refractivity contribution in [3.63, 3.8) is 0 Å². The van der Waals surface area contributed by atoms with Gasteiger partial charge >= 0.3 is 0 Å². The van der Waals surface area contributed by atoms with Crippen LogP contribution in [0.25, 0.3) is 11.4 Å². The number of carbonyl (C=O) groups excluding carboxylic acids is 1. The van der Waals surface area contributed by atoms with Crippen molar-refractivity contribution in [3.05, 3.63) is 70.2 Å². The molecule has 32 heavy (non-hydrogen) atoms. The summed E-state index contributed by atoms with van der Waals surface area (Å²) in [4.78, 5) is 40.1. The second kappa shape index (κ2) is 8.23. The third kappa shape index (κ3) is 3.91. The Morgan fingerprint density at radius 2 is 2.03 bits per heavy atom. The van der Waals surface area contributed by atoms with Crippen molar-refractivity contribution in [1.29, 1.82) is 0 Å². The SMILES string of the molecule is Cn1c(N2CCOC(C(=O)c3ccc(C4CC4)c(F)c3)C2)nc(-c2ccncn2)cc1=O. The molecule has 1 saturated carbocycles. The van der Waals surface area contributed by atoms with Crippen LogP contribution in [0.4, 0.5) is 10.3 Å². The lowest BCUT2D eigenvalue weighted by Gasteiger charge is -2.33. The number of hydrogen-bond acceptors (Lipinski definition) is 7. The Morgan fingerprint density at radius 1 is 1.19 bits per heavy atom. The van der Waals surface area contributed by atoms with E-state index in [9.17, 15) is 14.0 Å². The molecule has 3 aromatic rings. The molecule has 1 aliphatic heterocycles. The molecule has 2 aliphatic rings. The van der Waals surface area contributed by atoms with Crippen LogP contribution in [-0.4, -0.2) is 51.1 Å². The van der Waals surface area contributed by atoms with E-state index in [4.69, 9.17) is 4.74 Å². The summed E-state index contributed by atoms with van der Waals surface area (Å²) >= 11 is 0. The minimum Gasteiger partial charge on any atom is -0.366 e. The molecule has 0 spiro atoms. The number of hydrogen-bond donors (Lipinski definition) is 0. The number of benzene rings is 1. The lowest BCUT2D eigenvalue weighted by atomic mass is 10.0. The molecular weight excluding hydrogens is 413 g/mol. The summed E-state index contributed by atoms with van der Waals surface area (Å²) in [6.45, 7) is 0.956. The zero-order valence-electron chi connectivity index (χ0n) is 17.6. The van der Waals surface area contributed by atoms with Crippen LogP contribution in [-0.2, 0) is 11.8 Å². The Hall–Kier alpha value is -3.46. The summed E-state index contributed by atoms with van der Waals surface area (Å²) in [6.07, 6.45) is 4.17. The maximum absolute atomic E-state index is 14.5. The number of anilines is 1. The van der Waals surface area contributed by atoms with Gasteiger partial charge in [0, 0.05) is 31.4 Å². The zero-order valence-corrected chi connectivity index (χ0v) is 17.6. The number of ketones is 1. The molecule has 0 amide bonds. The predicted octanol–water partition coefficient (Wildman–Crippen LogP) is 2.34. The Balaban J connectivity index is 1.40. The molecule has 2 fully saturated rings. The molecule has 2 aromatic heterocycles. The van der Waals surface area contributed by atoms with Gasteiger partial charge in [0.2, 0.25) is 5.95 Å². The molecular formula is C23H22FN5O3. The monoisotopic (exact) mass is 435 g/mol.